The molecule has 6 nitrogen and oxygen atoms in total. The fourth-order valence-corrected chi connectivity index (χ4v) is 4.61. The van der Waals surface area contributed by atoms with E-state index in [-0.39, 0.29) is 29.3 Å². The Labute approximate surface area is 193 Å². The topological polar surface area (TPSA) is 68.9 Å². The van der Waals surface area contributed by atoms with E-state index in [1.165, 1.54) is 12.1 Å². The van der Waals surface area contributed by atoms with E-state index in [1.54, 1.807) is 29.7 Å². The minimum Gasteiger partial charge on any atom is -0.507 e. The third-order valence-corrected chi connectivity index (χ3v) is 6.33. The Kier molecular flexibility index (Phi) is 7.23. The van der Waals surface area contributed by atoms with E-state index in [9.17, 15) is 19.4 Å². The Balaban J connectivity index is 1.78. The fraction of sp³-hybridized carbons (Fsp3) is 0.346. The monoisotopic (exact) mass is 451 g/mol. The molecule has 0 saturated carbocycles. The summed E-state index contributed by atoms with van der Waals surface area (Å²) in [7, 11) is 0. The summed E-state index contributed by atoms with van der Waals surface area (Å²) >= 11 is 0. The van der Waals surface area contributed by atoms with Crippen molar-refractivity contribution in [2.75, 3.05) is 39.3 Å². The summed E-state index contributed by atoms with van der Waals surface area (Å²) in [4.78, 5) is 18.0. The standard InChI is InChI=1S/C26H30FN3O3/c1-19-16-23(32)24(26(33)30(19)18-20-6-3-2-4-7-20)25(21-8-5-9-22(27)17-21)29-12-10-28(11-13-29)14-15-31/h2-9,16-17,25,31-32H,10-15,18H2,1H3. The average Bonchev–Trinajstić information content (AvgIpc) is 2.81. The van der Waals surface area contributed by atoms with Gasteiger partial charge in [-0.2, -0.15) is 0 Å². The van der Waals surface area contributed by atoms with Crippen molar-refractivity contribution in [1.82, 2.24) is 14.4 Å². The minimum absolute atomic E-state index is 0.0751. The molecule has 7 heteroatoms. The molecule has 0 radical (unpaired) electrons. The zero-order valence-electron chi connectivity index (χ0n) is 18.8. The Bertz CT molecular complexity index is 1140. The van der Waals surface area contributed by atoms with Gasteiger partial charge in [0.25, 0.3) is 5.56 Å². The van der Waals surface area contributed by atoms with Gasteiger partial charge in [0.05, 0.1) is 24.8 Å². The molecule has 1 aliphatic rings. The van der Waals surface area contributed by atoms with Crippen LogP contribution in [0.4, 0.5) is 4.39 Å². The molecule has 174 valence electrons. The van der Waals surface area contributed by atoms with Gasteiger partial charge >= 0.3 is 0 Å². The van der Waals surface area contributed by atoms with Crippen molar-refractivity contribution in [2.24, 2.45) is 0 Å². The molecule has 2 aromatic carbocycles. The van der Waals surface area contributed by atoms with Crippen LogP contribution in [0.1, 0.15) is 28.4 Å². The van der Waals surface area contributed by atoms with Crippen molar-refractivity contribution in [1.29, 1.82) is 0 Å². The summed E-state index contributed by atoms with van der Waals surface area (Å²) in [6.45, 7) is 5.58. The van der Waals surface area contributed by atoms with Crippen LogP contribution in [0.2, 0.25) is 0 Å². The highest BCUT2D eigenvalue weighted by Crippen LogP contribution is 2.33. The number of aryl methyl sites for hydroxylation is 1. The number of aliphatic hydroxyl groups excluding tert-OH is 1. The van der Waals surface area contributed by atoms with Crippen LogP contribution in [0.3, 0.4) is 0 Å². The third-order valence-electron chi connectivity index (χ3n) is 6.33. The van der Waals surface area contributed by atoms with Crippen LogP contribution in [0.15, 0.2) is 65.5 Å². The first-order chi connectivity index (χ1) is 16.0. The number of aliphatic hydroxyl groups is 1. The van der Waals surface area contributed by atoms with Gasteiger partial charge in [0.2, 0.25) is 0 Å². The van der Waals surface area contributed by atoms with E-state index >= 15 is 0 Å². The number of rotatable bonds is 7. The lowest BCUT2D eigenvalue weighted by molar-refractivity contribution is 0.0931. The summed E-state index contributed by atoms with van der Waals surface area (Å²) < 4.78 is 15.9. The lowest BCUT2D eigenvalue weighted by Crippen LogP contribution is -2.49. The molecule has 3 aromatic rings. The molecule has 4 rings (SSSR count). The second-order valence-corrected chi connectivity index (χ2v) is 8.52. The van der Waals surface area contributed by atoms with Gasteiger partial charge in [0.15, 0.2) is 0 Å². The number of hydrogen-bond acceptors (Lipinski definition) is 5. The number of pyridine rings is 1. The second-order valence-electron chi connectivity index (χ2n) is 8.52. The third kappa shape index (κ3) is 5.16. The van der Waals surface area contributed by atoms with Gasteiger partial charge in [-0.05, 0) is 36.2 Å². The number of nitrogens with zero attached hydrogens (tertiary/aromatic N) is 3. The molecular formula is C26H30FN3O3. The number of aromatic nitrogens is 1. The van der Waals surface area contributed by atoms with Gasteiger partial charge in [-0.15, -0.1) is 0 Å². The molecule has 2 N–H and O–H groups in total. The van der Waals surface area contributed by atoms with Gasteiger partial charge in [-0.3, -0.25) is 14.6 Å². The average molecular weight is 452 g/mol. The van der Waals surface area contributed by atoms with Gasteiger partial charge in [0, 0.05) is 38.4 Å². The highest BCUT2D eigenvalue weighted by Gasteiger charge is 2.31. The van der Waals surface area contributed by atoms with E-state index in [1.807, 2.05) is 30.3 Å². The first kappa shape index (κ1) is 23.2. The molecular weight excluding hydrogens is 421 g/mol. The predicted octanol–water partition coefficient (Wildman–Crippen LogP) is 2.75. The predicted molar refractivity (Wildman–Crippen MR) is 126 cm³/mol. The Morgan fingerprint density at radius 2 is 1.73 bits per heavy atom. The van der Waals surface area contributed by atoms with Crippen LogP contribution in [0.5, 0.6) is 5.75 Å². The lowest BCUT2D eigenvalue weighted by Gasteiger charge is -2.39. The van der Waals surface area contributed by atoms with E-state index in [2.05, 4.69) is 9.80 Å². The first-order valence-corrected chi connectivity index (χ1v) is 11.3. The van der Waals surface area contributed by atoms with Gasteiger partial charge in [-0.1, -0.05) is 42.5 Å². The molecule has 1 saturated heterocycles. The van der Waals surface area contributed by atoms with E-state index in [0.717, 1.165) is 18.7 Å². The lowest BCUT2D eigenvalue weighted by atomic mass is 9.95. The molecule has 2 heterocycles. The van der Waals surface area contributed by atoms with Crippen molar-refractivity contribution in [3.05, 3.63) is 99.2 Å². The smallest absolute Gasteiger partial charge is 0.259 e. The molecule has 1 unspecified atom stereocenters. The van der Waals surface area contributed by atoms with Gasteiger partial charge in [-0.25, -0.2) is 4.39 Å². The van der Waals surface area contributed by atoms with Crippen LogP contribution in [-0.4, -0.2) is 63.9 Å². The number of halogens is 1. The summed E-state index contributed by atoms with van der Waals surface area (Å²) in [6, 6.07) is 17.0. The number of piperazine rings is 1. The molecule has 0 bridgehead atoms. The first-order valence-electron chi connectivity index (χ1n) is 11.3. The molecule has 1 aromatic heterocycles. The molecule has 1 atom stereocenters. The van der Waals surface area contributed by atoms with Crippen LogP contribution in [-0.2, 0) is 6.54 Å². The van der Waals surface area contributed by atoms with Gasteiger partial charge in [0.1, 0.15) is 11.6 Å². The Morgan fingerprint density at radius 3 is 2.39 bits per heavy atom. The van der Waals surface area contributed by atoms with Crippen LogP contribution < -0.4 is 5.56 Å². The Morgan fingerprint density at radius 1 is 1.00 bits per heavy atom. The molecule has 1 aliphatic heterocycles. The zero-order valence-corrected chi connectivity index (χ0v) is 18.8. The fourth-order valence-electron chi connectivity index (χ4n) is 4.61. The Hall–Kier alpha value is -3.00. The highest BCUT2D eigenvalue weighted by molar-refractivity contribution is 5.41. The second kappa shape index (κ2) is 10.3. The number of hydrogen-bond donors (Lipinski definition) is 2. The van der Waals surface area contributed by atoms with Crippen LogP contribution in [0, 0.1) is 12.7 Å². The van der Waals surface area contributed by atoms with Crippen LogP contribution in [0.25, 0.3) is 0 Å². The van der Waals surface area contributed by atoms with E-state index in [0.29, 0.717) is 37.4 Å². The zero-order chi connectivity index (χ0) is 23.4. The number of β-amino-alcohol motifs (C(OH)–C–C–N with tert-alkyl or cyclic N) is 1. The van der Waals surface area contributed by atoms with Crippen molar-refractivity contribution in [3.63, 3.8) is 0 Å². The SMILES string of the molecule is Cc1cc(O)c(C(c2cccc(F)c2)N2CCN(CCO)CC2)c(=O)n1Cc1ccccc1. The number of benzene rings is 2. The molecule has 0 spiro atoms. The molecule has 33 heavy (non-hydrogen) atoms. The van der Waals surface area contributed by atoms with Gasteiger partial charge < -0.3 is 14.8 Å². The normalized spacial score (nSPS) is 16.1. The van der Waals surface area contributed by atoms with Crippen molar-refractivity contribution in [3.8, 4) is 5.75 Å². The summed E-state index contributed by atoms with van der Waals surface area (Å²) in [5, 5.41) is 20.2. The highest BCUT2D eigenvalue weighted by atomic mass is 19.1. The summed E-state index contributed by atoms with van der Waals surface area (Å²) in [6.07, 6.45) is 0. The molecule has 1 fully saturated rings. The largest absolute Gasteiger partial charge is 0.507 e. The maximum absolute atomic E-state index is 14.2. The van der Waals surface area contributed by atoms with E-state index < -0.39 is 6.04 Å². The molecule has 0 amide bonds. The quantitative estimate of drug-likeness (QED) is 0.578. The summed E-state index contributed by atoms with van der Waals surface area (Å²) in [5.74, 6) is -0.457. The maximum atomic E-state index is 14.2. The number of aromatic hydroxyl groups is 1. The van der Waals surface area contributed by atoms with Crippen LogP contribution >= 0.6 is 0 Å². The maximum Gasteiger partial charge on any atom is 0.259 e. The van der Waals surface area contributed by atoms with Crippen molar-refractivity contribution < 1.29 is 14.6 Å². The minimum atomic E-state index is -0.577. The molecule has 0 aliphatic carbocycles. The van der Waals surface area contributed by atoms with Crippen molar-refractivity contribution >= 4 is 0 Å². The summed E-state index contributed by atoms with van der Waals surface area (Å²) in [5.41, 5.74) is 2.27. The van der Waals surface area contributed by atoms with E-state index in [4.69, 9.17) is 0 Å². The van der Waals surface area contributed by atoms with Crippen molar-refractivity contribution in [2.45, 2.75) is 19.5 Å².